The van der Waals surface area contributed by atoms with Gasteiger partial charge in [0.15, 0.2) is 0 Å². The molecule has 0 N–H and O–H groups in total. The van der Waals surface area contributed by atoms with E-state index in [-0.39, 0.29) is 0 Å². The third-order valence-electron chi connectivity index (χ3n) is 8.87. The van der Waals surface area contributed by atoms with Crippen LogP contribution in [0.2, 0.25) is 0 Å². The maximum absolute atomic E-state index is 2.40. The Labute approximate surface area is 276 Å². The molecular weight excluding hydrogens is 569 g/mol. The number of nitrogens with zero attached hydrogens (tertiary/aromatic N) is 2. The number of allylic oxidation sites excluding steroid dienone is 5. The smallest absolute Gasteiger partial charge is 0.0540 e. The Kier molecular flexibility index (Phi) is 7.67. The number of para-hydroxylation sites is 2. The zero-order chi connectivity index (χ0) is 31.4. The molecular formula is C45H34N2. The van der Waals surface area contributed by atoms with E-state index in [0.29, 0.717) is 0 Å². The number of benzene rings is 7. The highest BCUT2D eigenvalue weighted by Gasteiger charge is 2.18. The highest BCUT2D eigenvalue weighted by molar-refractivity contribution is 5.99. The van der Waals surface area contributed by atoms with Crippen molar-refractivity contribution in [3.8, 4) is 0 Å². The fourth-order valence-corrected chi connectivity index (χ4v) is 6.63. The minimum absolute atomic E-state index is 0.819. The van der Waals surface area contributed by atoms with Crippen molar-refractivity contribution in [1.29, 1.82) is 0 Å². The minimum Gasteiger partial charge on any atom is -0.313 e. The molecule has 7 aromatic carbocycles. The summed E-state index contributed by atoms with van der Waals surface area (Å²) in [5.74, 6) is 0. The van der Waals surface area contributed by atoms with Crippen LogP contribution < -0.4 is 9.80 Å². The third-order valence-corrected chi connectivity index (χ3v) is 8.87. The molecule has 224 valence electrons. The first kappa shape index (κ1) is 28.4. The number of anilines is 5. The molecule has 0 amide bonds. The van der Waals surface area contributed by atoms with E-state index in [1.165, 1.54) is 44.1 Å². The number of hydrogen-bond acceptors (Lipinski definition) is 2. The van der Waals surface area contributed by atoms with Crippen LogP contribution in [0.15, 0.2) is 200 Å². The summed E-state index contributed by atoms with van der Waals surface area (Å²) in [7, 11) is 0. The normalized spacial score (nSPS) is 12.8. The fourth-order valence-electron chi connectivity index (χ4n) is 6.63. The summed E-state index contributed by atoms with van der Waals surface area (Å²) in [6.07, 6.45) is 9.90. The van der Waals surface area contributed by atoms with Crippen molar-refractivity contribution in [2.45, 2.75) is 6.42 Å². The molecule has 0 radical (unpaired) electrons. The van der Waals surface area contributed by atoms with Gasteiger partial charge in [-0.25, -0.2) is 0 Å². The van der Waals surface area contributed by atoms with Crippen LogP contribution in [0.4, 0.5) is 28.4 Å². The van der Waals surface area contributed by atoms with Crippen LogP contribution in [-0.4, -0.2) is 0 Å². The predicted molar refractivity (Wildman–Crippen MR) is 201 cm³/mol. The maximum Gasteiger partial charge on any atom is 0.0540 e. The lowest BCUT2D eigenvalue weighted by Gasteiger charge is -2.28. The Balaban J connectivity index is 1.17. The van der Waals surface area contributed by atoms with Crippen LogP contribution in [-0.2, 0) is 0 Å². The van der Waals surface area contributed by atoms with E-state index in [2.05, 4.69) is 204 Å². The van der Waals surface area contributed by atoms with E-state index in [0.717, 1.165) is 29.2 Å². The summed E-state index contributed by atoms with van der Waals surface area (Å²) >= 11 is 0. The lowest BCUT2D eigenvalue weighted by molar-refractivity contribution is 1.09. The van der Waals surface area contributed by atoms with Crippen LogP contribution in [0.1, 0.15) is 12.0 Å². The molecule has 0 aromatic heterocycles. The second kappa shape index (κ2) is 12.7. The van der Waals surface area contributed by atoms with E-state index < -0.39 is 0 Å². The minimum atomic E-state index is 0.819. The van der Waals surface area contributed by atoms with Gasteiger partial charge in [0, 0.05) is 40.0 Å². The van der Waals surface area contributed by atoms with Crippen LogP contribution in [0.25, 0.3) is 27.1 Å². The van der Waals surface area contributed by atoms with Crippen molar-refractivity contribution in [2.75, 3.05) is 9.80 Å². The van der Waals surface area contributed by atoms with Gasteiger partial charge in [0.2, 0.25) is 0 Å². The molecule has 0 atom stereocenters. The van der Waals surface area contributed by atoms with Gasteiger partial charge in [-0.2, -0.15) is 0 Å². The zero-order valence-corrected chi connectivity index (χ0v) is 26.1. The van der Waals surface area contributed by atoms with Crippen LogP contribution >= 0.6 is 0 Å². The summed E-state index contributed by atoms with van der Waals surface area (Å²) in [5, 5.41) is 4.93. The maximum atomic E-state index is 2.40. The molecule has 0 bridgehead atoms. The molecule has 0 saturated heterocycles. The summed E-state index contributed by atoms with van der Waals surface area (Å²) < 4.78 is 0. The zero-order valence-electron chi connectivity index (χ0n) is 26.1. The molecule has 1 aliphatic rings. The largest absolute Gasteiger partial charge is 0.313 e. The number of hydrogen-bond donors (Lipinski definition) is 0. The summed E-state index contributed by atoms with van der Waals surface area (Å²) in [6, 6.07) is 60.6. The van der Waals surface area contributed by atoms with Gasteiger partial charge in [-0.05, 0) is 76.5 Å². The van der Waals surface area contributed by atoms with Gasteiger partial charge < -0.3 is 9.80 Å². The molecule has 2 nitrogen and oxygen atoms in total. The van der Waals surface area contributed by atoms with Crippen molar-refractivity contribution in [2.24, 2.45) is 0 Å². The van der Waals surface area contributed by atoms with Gasteiger partial charge in [0.1, 0.15) is 0 Å². The molecule has 0 saturated carbocycles. The molecule has 0 unspecified atom stereocenters. The van der Waals surface area contributed by atoms with Crippen molar-refractivity contribution < 1.29 is 0 Å². The van der Waals surface area contributed by atoms with Crippen LogP contribution in [0, 0.1) is 0 Å². The molecule has 7 aromatic rings. The molecule has 0 heterocycles. The van der Waals surface area contributed by atoms with E-state index in [4.69, 9.17) is 0 Å². The Bertz CT molecular complexity index is 2250. The number of fused-ring (bicyclic) bond motifs is 2. The standard InChI is InChI=1S/C45H34N2/c1-3-19-38(20-4-1)46(44-26-12-17-36-14-7-9-24-42(36)44)40-23-11-16-34(28-31-40)35-29-32-41(33-30-35)47(39-21-5-2-6-22-39)45-27-13-18-37-15-8-10-25-43(37)45/h1-22,24-33H,23H2. The quantitative estimate of drug-likeness (QED) is 0.179. The lowest BCUT2D eigenvalue weighted by atomic mass is 10.0. The van der Waals surface area contributed by atoms with Gasteiger partial charge in [0.05, 0.1) is 11.4 Å². The first-order valence-corrected chi connectivity index (χ1v) is 16.2. The van der Waals surface area contributed by atoms with Crippen LogP contribution in [0.5, 0.6) is 0 Å². The monoisotopic (exact) mass is 602 g/mol. The molecule has 0 fully saturated rings. The topological polar surface area (TPSA) is 6.48 Å². The van der Waals surface area contributed by atoms with E-state index >= 15 is 0 Å². The lowest BCUT2D eigenvalue weighted by Crippen LogP contribution is -2.16. The SMILES string of the molecule is C1=CC(c2ccc(N(c3ccccc3)c3cccc4ccccc34)cc2)=CC=C(N(c2ccccc2)c2cccc3ccccc23)C1. The average molecular weight is 603 g/mol. The van der Waals surface area contributed by atoms with Gasteiger partial charge in [-0.15, -0.1) is 0 Å². The van der Waals surface area contributed by atoms with E-state index in [1.807, 2.05) is 0 Å². The first-order valence-electron chi connectivity index (χ1n) is 16.2. The van der Waals surface area contributed by atoms with E-state index in [9.17, 15) is 0 Å². The average Bonchev–Trinajstić information content (AvgIpc) is 3.40. The van der Waals surface area contributed by atoms with Gasteiger partial charge in [-0.1, -0.05) is 140 Å². The van der Waals surface area contributed by atoms with Gasteiger partial charge in [0.25, 0.3) is 0 Å². The van der Waals surface area contributed by atoms with Gasteiger partial charge >= 0.3 is 0 Å². The third kappa shape index (κ3) is 5.62. The highest BCUT2D eigenvalue weighted by atomic mass is 15.2. The van der Waals surface area contributed by atoms with Crippen molar-refractivity contribution in [1.82, 2.24) is 0 Å². The Morgan fingerprint density at radius 2 is 0.872 bits per heavy atom. The predicted octanol–water partition coefficient (Wildman–Crippen LogP) is 12.5. The molecule has 47 heavy (non-hydrogen) atoms. The molecule has 0 spiro atoms. The molecule has 2 heteroatoms. The van der Waals surface area contributed by atoms with Gasteiger partial charge in [-0.3, -0.25) is 0 Å². The Hall–Kier alpha value is -6.12. The van der Waals surface area contributed by atoms with Crippen LogP contribution in [0.3, 0.4) is 0 Å². The molecule has 1 aliphatic carbocycles. The fraction of sp³-hybridized carbons (Fsp3) is 0.0222. The Morgan fingerprint density at radius 3 is 1.49 bits per heavy atom. The van der Waals surface area contributed by atoms with E-state index in [1.54, 1.807) is 0 Å². The van der Waals surface area contributed by atoms with Crippen molar-refractivity contribution in [3.63, 3.8) is 0 Å². The second-order valence-electron chi connectivity index (χ2n) is 11.8. The Morgan fingerprint density at radius 1 is 0.383 bits per heavy atom. The summed E-state index contributed by atoms with van der Waals surface area (Å²) in [4.78, 5) is 4.75. The first-order chi connectivity index (χ1) is 23.3. The summed E-state index contributed by atoms with van der Waals surface area (Å²) in [5.41, 5.74) is 9.35. The highest BCUT2D eigenvalue weighted by Crippen LogP contribution is 2.40. The molecule has 8 rings (SSSR count). The molecule has 0 aliphatic heterocycles. The summed E-state index contributed by atoms with van der Waals surface area (Å²) in [6.45, 7) is 0. The second-order valence-corrected chi connectivity index (χ2v) is 11.8. The van der Waals surface area contributed by atoms with Crippen molar-refractivity contribution >= 4 is 55.6 Å². The van der Waals surface area contributed by atoms with Crippen molar-refractivity contribution in [3.05, 3.63) is 205 Å². The number of rotatable bonds is 7.